The number of pyridine rings is 2. The first-order chi connectivity index (χ1) is 20.2. The lowest BCUT2D eigenvalue weighted by molar-refractivity contribution is -0.514. The highest BCUT2D eigenvalue weighted by molar-refractivity contribution is 5.91. The summed E-state index contributed by atoms with van der Waals surface area (Å²) < 4.78 is 119. The topological polar surface area (TPSA) is 143 Å². The molecule has 1 aromatic carbocycles. The van der Waals surface area contributed by atoms with Crippen LogP contribution in [0.2, 0.25) is 0 Å². The second kappa shape index (κ2) is 13.8. The zero-order valence-electron chi connectivity index (χ0n) is 21.3. The largest absolute Gasteiger partial charge is 0.542 e. The number of fused-ring (bicyclic) bond motifs is 1. The van der Waals surface area contributed by atoms with Crippen molar-refractivity contribution < 1.29 is 77.9 Å². The summed E-state index contributed by atoms with van der Waals surface area (Å²) in [4.78, 5) is 35.9. The minimum Gasteiger partial charge on any atom is -0.542 e. The summed E-state index contributed by atoms with van der Waals surface area (Å²) in [6.07, 6.45) is -10.9. The van der Waals surface area contributed by atoms with Crippen LogP contribution in [0.4, 0.5) is 43.9 Å². The van der Waals surface area contributed by atoms with E-state index in [0.29, 0.717) is 16.8 Å². The molecule has 3 N–H and O–H groups in total. The molecule has 0 aliphatic rings. The van der Waals surface area contributed by atoms with Crippen LogP contribution < -0.4 is 24.9 Å². The van der Waals surface area contributed by atoms with Crippen molar-refractivity contribution in [1.29, 1.82) is 0 Å². The quantitative estimate of drug-likeness (QED) is 0.259. The SMILES string of the molecule is O=C(NC(c1ccc[nH+]c1)C(F)(F)F)c1[nH]c(-c2ccc(F)cc2)c2cccc[n+]12.O=C([O-])C(F)(F)F.O=C([O-])C(F)(F)F. The summed E-state index contributed by atoms with van der Waals surface area (Å²) in [6.45, 7) is 0. The molecule has 0 radical (unpaired) electrons. The lowest BCUT2D eigenvalue weighted by Crippen LogP contribution is -2.42. The number of imidazole rings is 1. The number of carbonyl (C=O) groups excluding carboxylic acids is 3. The molecule has 4 rings (SSSR count). The van der Waals surface area contributed by atoms with Gasteiger partial charge in [-0.1, -0.05) is 6.07 Å². The van der Waals surface area contributed by atoms with Crippen molar-refractivity contribution in [1.82, 2.24) is 10.3 Å². The average Bonchev–Trinajstić information content (AvgIpc) is 3.31. The Labute approximate surface area is 238 Å². The summed E-state index contributed by atoms with van der Waals surface area (Å²) in [5.74, 6) is -7.46. The molecule has 1 atom stereocenters. The number of carboxylic acids is 2. The van der Waals surface area contributed by atoms with Gasteiger partial charge in [-0.3, -0.25) is 4.79 Å². The first kappa shape index (κ1) is 35.0. The second-order valence-corrected chi connectivity index (χ2v) is 8.17. The van der Waals surface area contributed by atoms with Crippen molar-refractivity contribution in [3.8, 4) is 11.3 Å². The summed E-state index contributed by atoms with van der Waals surface area (Å²) >= 11 is 0. The van der Waals surface area contributed by atoms with Gasteiger partial charge in [0.05, 0.1) is 6.20 Å². The van der Waals surface area contributed by atoms with Gasteiger partial charge in [0.1, 0.15) is 17.8 Å². The van der Waals surface area contributed by atoms with Crippen LogP contribution in [0.3, 0.4) is 0 Å². The normalized spacial score (nSPS) is 12.2. The van der Waals surface area contributed by atoms with Gasteiger partial charge in [-0.15, -0.1) is 0 Å². The fourth-order valence-electron chi connectivity index (χ4n) is 3.23. The maximum absolute atomic E-state index is 13.6. The van der Waals surface area contributed by atoms with E-state index in [1.165, 1.54) is 53.2 Å². The van der Waals surface area contributed by atoms with Gasteiger partial charge in [0.25, 0.3) is 0 Å². The number of carboxylic acid groups (broad SMARTS) is 2. The maximum Gasteiger partial charge on any atom is 0.430 e. The van der Waals surface area contributed by atoms with Gasteiger partial charge >= 0.3 is 30.3 Å². The van der Waals surface area contributed by atoms with Crippen LogP contribution in [-0.2, 0) is 9.59 Å². The molecule has 0 bridgehead atoms. The fraction of sp³-hybridized carbons (Fsp3) is 0.160. The van der Waals surface area contributed by atoms with Gasteiger partial charge in [0.2, 0.25) is 0 Å². The third kappa shape index (κ3) is 9.66. The minimum atomic E-state index is -5.19. The molecule has 19 heteroatoms. The second-order valence-electron chi connectivity index (χ2n) is 8.17. The van der Waals surface area contributed by atoms with E-state index >= 15 is 0 Å². The van der Waals surface area contributed by atoms with E-state index in [9.17, 15) is 48.7 Å². The zero-order valence-corrected chi connectivity index (χ0v) is 21.3. The van der Waals surface area contributed by atoms with E-state index in [-0.39, 0.29) is 11.4 Å². The lowest BCUT2D eigenvalue weighted by atomic mass is 10.1. The van der Waals surface area contributed by atoms with Crippen LogP contribution in [0.5, 0.6) is 0 Å². The number of aliphatic carboxylic acids is 2. The smallest absolute Gasteiger partial charge is 0.430 e. The van der Waals surface area contributed by atoms with E-state index in [2.05, 4.69) is 15.3 Å². The molecule has 3 heterocycles. The molecule has 1 unspecified atom stereocenters. The summed E-state index contributed by atoms with van der Waals surface area (Å²) in [5, 5.41) is 19.6. The molecule has 236 valence electrons. The van der Waals surface area contributed by atoms with E-state index < -0.39 is 48.2 Å². The van der Waals surface area contributed by atoms with Gasteiger partial charge in [-0.2, -0.15) is 43.9 Å². The Balaban J connectivity index is 0.000000402. The van der Waals surface area contributed by atoms with Crippen LogP contribution in [-0.4, -0.2) is 41.4 Å². The maximum atomic E-state index is 13.6. The predicted octanol–water partition coefficient (Wildman–Crippen LogP) is 2.00. The number of nitrogens with zero attached hydrogens (tertiary/aromatic N) is 1. The molecular weight excluding hydrogens is 626 g/mol. The van der Waals surface area contributed by atoms with Crippen LogP contribution in [0.1, 0.15) is 22.2 Å². The molecule has 9 nitrogen and oxygen atoms in total. The molecule has 0 aliphatic heterocycles. The highest BCUT2D eigenvalue weighted by Gasteiger charge is 2.44. The van der Waals surface area contributed by atoms with Crippen molar-refractivity contribution in [3.63, 3.8) is 0 Å². The van der Waals surface area contributed by atoms with E-state index in [1.807, 2.05) is 0 Å². The Kier molecular flexibility index (Phi) is 11.0. The summed E-state index contributed by atoms with van der Waals surface area (Å²) in [6, 6.07) is 11.2. The standard InChI is InChI=1S/C21H14F4N4O.2C2HF3O2/c22-15-8-6-13(7-9-15)17-16-5-1-2-11-29(16)19(27-17)20(30)28-18(21(23,24)25)14-4-3-10-26-12-14;2*3-2(4,5)1(6)7/h1-12,18H,(H,28,30);2*(H,6,7). The van der Waals surface area contributed by atoms with Gasteiger partial charge in [-0.05, 0) is 42.5 Å². The van der Waals surface area contributed by atoms with Crippen LogP contribution in [0.25, 0.3) is 16.8 Å². The number of carbonyl (C=O) groups is 3. The van der Waals surface area contributed by atoms with E-state index in [1.54, 1.807) is 24.4 Å². The minimum absolute atomic E-state index is 0.0842. The molecule has 0 aliphatic carbocycles. The summed E-state index contributed by atoms with van der Waals surface area (Å²) in [7, 11) is 0. The Morgan fingerprint density at radius 1 is 0.818 bits per heavy atom. The first-order valence-corrected chi connectivity index (χ1v) is 11.4. The molecule has 44 heavy (non-hydrogen) atoms. The number of H-pyrrole nitrogens is 2. The van der Waals surface area contributed by atoms with E-state index in [0.717, 1.165) is 0 Å². The molecule has 0 spiro atoms. The molecule has 0 saturated heterocycles. The van der Waals surface area contributed by atoms with Crippen LogP contribution >= 0.6 is 0 Å². The van der Waals surface area contributed by atoms with Crippen LogP contribution in [0.15, 0.2) is 73.2 Å². The number of halogens is 10. The van der Waals surface area contributed by atoms with Crippen LogP contribution in [0, 0.1) is 5.82 Å². The molecule has 0 fully saturated rings. The third-order valence-electron chi connectivity index (χ3n) is 5.08. The third-order valence-corrected chi connectivity index (χ3v) is 5.08. The predicted molar refractivity (Wildman–Crippen MR) is 121 cm³/mol. The Hall–Kier alpha value is -5.23. The van der Waals surface area contributed by atoms with Gasteiger partial charge in [0, 0.05) is 17.2 Å². The van der Waals surface area contributed by atoms with E-state index in [4.69, 9.17) is 19.8 Å². The highest BCUT2D eigenvalue weighted by Crippen LogP contribution is 2.32. The van der Waals surface area contributed by atoms with Crippen molar-refractivity contribution in [3.05, 3.63) is 90.4 Å². The Bertz CT molecular complexity index is 1560. The number of rotatable bonds is 4. The van der Waals surface area contributed by atoms with Gasteiger partial charge in [0.15, 0.2) is 29.6 Å². The first-order valence-electron chi connectivity index (χ1n) is 11.4. The Morgan fingerprint density at radius 3 is 1.82 bits per heavy atom. The number of benzene rings is 1. The lowest BCUT2D eigenvalue weighted by Gasteiger charge is -2.19. The van der Waals surface area contributed by atoms with Crippen molar-refractivity contribution >= 4 is 23.4 Å². The fourth-order valence-corrected chi connectivity index (χ4v) is 3.23. The number of aromatic nitrogens is 3. The molecule has 3 aromatic heterocycles. The van der Waals surface area contributed by atoms with Gasteiger partial charge < -0.3 is 25.1 Å². The number of hydrogen-bond acceptors (Lipinski definition) is 5. The number of aromatic amines is 2. The van der Waals surface area contributed by atoms with Crippen molar-refractivity contribution in [2.75, 3.05) is 0 Å². The summed E-state index contributed by atoms with van der Waals surface area (Å²) in [5.41, 5.74) is 1.50. The van der Waals surface area contributed by atoms with Crippen molar-refractivity contribution in [2.45, 2.75) is 24.6 Å². The molecule has 0 saturated carbocycles. The highest BCUT2D eigenvalue weighted by atomic mass is 19.4. The number of hydrogen-bond donors (Lipinski definition) is 2. The van der Waals surface area contributed by atoms with Crippen molar-refractivity contribution in [2.24, 2.45) is 0 Å². The zero-order chi connectivity index (χ0) is 33.5. The molecule has 4 aromatic rings. The average molecular weight is 642 g/mol. The van der Waals surface area contributed by atoms with Gasteiger partial charge in [-0.25, -0.2) is 14.4 Å². The Morgan fingerprint density at radius 2 is 1.36 bits per heavy atom. The number of nitrogens with one attached hydrogen (secondary N) is 3. The molecule has 1 amide bonds. The molecular formula is C25H16F10N4O5. The monoisotopic (exact) mass is 642 g/mol. The number of amides is 1. The number of alkyl halides is 9.